The van der Waals surface area contributed by atoms with Gasteiger partial charge in [0.25, 0.3) is 5.91 Å². The number of aromatic nitrogens is 2. The standard InChI is InChI=1S/C13H21N3O3S/c1-8-11(12(20-5)15-9(2)14-8)13(18)16(3)6-10(17)7-19-4/h10,17H,6-7H2,1-5H3. The van der Waals surface area contributed by atoms with Crippen molar-refractivity contribution in [2.45, 2.75) is 25.0 Å². The van der Waals surface area contributed by atoms with Gasteiger partial charge in [-0.05, 0) is 20.1 Å². The Morgan fingerprint density at radius 2 is 2.10 bits per heavy atom. The van der Waals surface area contributed by atoms with Crippen LogP contribution in [0.2, 0.25) is 0 Å². The van der Waals surface area contributed by atoms with Gasteiger partial charge in [-0.25, -0.2) is 9.97 Å². The van der Waals surface area contributed by atoms with Gasteiger partial charge in [0.05, 0.1) is 24.0 Å². The van der Waals surface area contributed by atoms with Crippen molar-refractivity contribution in [2.75, 3.05) is 33.6 Å². The van der Waals surface area contributed by atoms with E-state index in [1.54, 1.807) is 20.9 Å². The van der Waals surface area contributed by atoms with Gasteiger partial charge in [-0.2, -0.15) is 0 Å². The van der Waals surface area contributed by atoms with Crippen molar-refractivity contribution >= 4 is 17.7 Å². The van der Waals surface area contributed by atoms with Gasteiger partial charge in [-0.3, -0.25) is 4.79 Å². The zero-order valence-electron chi connectivity index (χ0n) is 12.5. The minimum Gasteiger partial charge on any atom is -0.389 e. The number of carbonyl (C=O) groups excluding carboxylic acids is 1. The highest BCUT2D eigenvalue weighted by atomic mass is 32.2. The number of methoxy groups -OCH3 is 1. The van der Waals surface area contributed by atoms with E-state index in [1.165, 1.54) is 23.8 Å². The molecule has 0 bridgehead atoms. The summed E-state index contributed by atoms with van der Waals surface area (Å²) in [5.41, 5.74) is 1.15. The number of carbonyl (C=O) groups is 1. The number of hydrogen-bond donors (Lipinski definition) is 1. The predicted octanol–water partition coefficient (Wildman–Crippen LogP) is 0.895. The molecule has 1 heterocycles. The SMILES string of the molecule is COCC(O)CN(C)C(=O)c1c(C)nc(C)nc1SC. The number of nitrogens with zero attached hydrogens (tertiary/aromatic N) is 3. The minimum absolute atomic E-state index is 0.191. The van der Waals surface area contributed by atoms with E-state index in [-0.39, 0.29) is 19.1 Å². The third kappa shape index (κ3) is 4.16. The fourth-order valence-corrected chi connectivity index (χ4v) is 2.57. The molecule has 1 aromatic heterocycles. The second-order valence-electron chi connectivity index (χ2n) is 4.54. The second-order valence-corrected chi connectivity index (χ2v) is 5.33. The summed E-state index contributed by atoms with van der Waals surface area (Å²) >= 11 is 1.41. The minimum atomic E-state index is -0.710. The molecule has 1 aromatic rings. The zero-order chi connectivity index (χ0) is 15.3. The highest BCUT2D eigenvalue weighted by Crippen LogP contribution is 2.21. The summed E-state index contributed by atoms with van der Waals surface area (Å²) in [6, 6.07) is 0. The van der Waals surface area contributed by atoms with Gasteiger partial charge in [0.1, 0.15) is 10.9 Å². The average molecular weight is 299 g/mol. The molecule has 20 heavy (non-hydrogen) atoms. The van der Waals surface area contributed by atoms with Crippen LogP contribution in [-0.2, 0) is 4.74 Å². The van der Waals surface area contributed by atoms with Gasteiger partial charge < -0.3 is 14.7 Å². The molecule has 0 radical (unpaired) electrons. The Hall–Kier alpha value is -1.18. The van der Waals surface area contributed by atoms with Crippen molar-refractivity contribution < 1.29 is 14.6 Å². The molecule has 6 nitrogen and oxygen atoms in total. The Kier molecular flexibility index (Phi) is 6.38. The van der Waals surface area contributed by atoms with Crippen LogP contribution in [0.15, 0.2) is 5.03 Å². The van der Waals surface area contributed by atoms with E-state index in [4.69, 9.17) is 4.74 Å². The summed E-state index contributed by atoms with van der Waals surface area (Å²) in [6.45, 7) is 3.98. The lowest BCUT2D eigenvalue weighted by molar-refractivity contribution is 0.0378. The Morgan fingerprint density at radius 3 is 2.65 bits per heavy atom. The number of aryl methyl sites for hydroxylation is 2. The van der Waals surface area contributed by atoms with Gasteiger partial charge in [-0.1, -0.05) is 0 Å². The number of ether oxygens (including phenoxy) is 1. The van der Waals surface area contributed by atoms with Crippen LogP contribution < -0.4 is 0 Å². The van der Waals surface area contributed by atoms with Crippen LogP contribution in [0.25, 0.3) is 0 Å². The quantitative estimate of drug-likeness (QED) is 0.621. The predicted molar refractivity (Wildman–Crippen MR) is 78.1 cm³/mol. The molecule has 0 aliphatic heterocycles. The van der Waals surface area contributed by atoms with Gasteiger partial charge in [0, 0.05) is 20.7 Å². The number of amides is 1. The molecule has 1 amide bonds. The molecule has 0 saturated carbocycles. The number of likely N-dealkylation sites (N-methyl/N-ethyl adjacent to an activating group) is 1. The lowest BCUT2D eigenvalue weighted by Crippen LogP contribution is -2.37. The van der Waals surface area contributed by atoms with Crippen molar-refractivity contribution in [3.63, 3.8) is 0 Å². The first-order valence-electron chi connectivity index (χ1n) is 6.22. The van der Waals surface area contributed by atoms with Gasteiger partial charge in [0.15, 0.2) is 0 Å². The smallest absolute Gasteiger partial charge is 0.258 e. The van der Waals surface area contributed by atoms with Crippen molar-refractivity contribution in [1.29, 1.82) is 0 Å². The fourth-order valence-electron chi connectivity index (χ4n) is 1.91. The molecule has 1 unspecified atom stereocenters. The number of thioether (sulfide) groups is 1. The van der Waals surface area contributed by atoms with E-state index in [0.29, 0.717) is 22.1 Å². The maximum Gasteiger partial charge on any atom is 0.258 e. The molecule has 1 N–H and O–H groups in total. The first kappa shape index (κ1) is 16.9. The van der Waals surface area contributed by atoms with Crippen LogP contribution in [0.1, 0.15) is 21.9 Å². The first-order chi connectivity index (χ1) is 9.40. The van der Waals surface area contributed by atoms with E-state index in [2.05, 4.69) is 9.97 Å². The van der Waals surface area contributed by atoms with Crippen molar-refractivity contribution in [2.24, 2.45) is 0 Å². The maximum absolute atomic E-state index is 12.5. The topological polar surface area (TPSA) is 75.6 Å². The van der Waals surface area contributed by atoms with E-state index in [9.17, 15) is 9.90 Å². The molecule has 1 rings (SSSR count). The van der Waals surface area contributed by atoms with Gasteiger partial charge >= 0.3 is 0 Å². The molecule has 0 fully saturated rings. The zero-order valence-corrected chi connectivity index (χ0v) is 13.3. The summed E-state index contributed by atoms with van der Waals surface area (Å²) in [5.74, 6) is 0.451. The van der Waals surface area contributed by atoms with Crippen molar-refractivity contribution in [3.8, 4) is 0 Å². The molecule has 0 spiro atoms. The molecule has 0 aliphatic carbocycles. The van der Waals surface area contributed by atoms with E-state index < -0.39 is 6.10 Å². The Balaban J connectivity index is 2.97. The van der Waals surface area contributed by atoms with E-state index >= 15 is 0 Å². The van der Waals surface area contributed by atoms with Crippen molar-refractivity contribution in [3.05, 3.63) is 17.1 Å². The Morgan fingerprint density at radius 1 is 1.45 bits per heavy atom. The molecular formula is C13H21N3O3S. The summed E-state index contributed by atoms with van der Waals surface area (Å²) in [5, 5.41) is 10.4. The highest BCUT2D eigenvalue weighted by Gasteiger charge is 2.22. The first-order valence-corrected chi connectivity index (χ1v) is 7.44. The van der Waals surface area contributed by atoms with Crippen LogP contribution in [0.4, 0.5) is 0 Å². The summed E-state index contributed by atoms with van der Waals surface area (Å²) in [4.78, 5) is 22.5. The third-order valence-corrected chi connectivity index (χ3v) is 3.45. The summed E-state index contributed by atoms with van der Waals surface area (Å²) in [6.07, 6.45) is 1.16. The Labute approximate surface area is 123 Å². The Bertz CT molecular complexity index is 482. The van der Waals surface area contributed by atoms with Crippen LogP contribution in [0.5, 0.6) is 0 Å². The van der Waals surface area contributed by atoms with E-state index in [0.717, 1.165) is 0 Å². The number of aliphatic hydroxyl groups excluding tert-OH is 1. The summed E-state index contributed by atoms with van der Waals surface area (Å²) in [7, 11) is 3.15. The second kappa shape index (κ2) is 7.56. The van der Waals surface area contributed by atoms with Crippen molar-refractivity contribution in [1.82, 2.24) is 14.9 Å². The molecular weight excluding hydrogens is 278 g/mol. The molecule has 7 heteroatoms. The van der Waals surface area contributed by atoms with Crippen LogP contribution >= 0.6 is 11.8 Å². The molecule has 1 atom stereocenters. The maximum atomic E-state index is 12.5. The number of rotatable bonds is 6. The molecule has 0 saturated heterocycles. The average Bonchev–Trinajstić information content (AvgIpc) is 2.37. The number of hydrogen-bond acceptors (Lipinski definition) is 6. The van der Waals surface area contributed by atoms with Gasteiger partial charge in [0.2, 0.25) is 0 Å². The van der Waals surface area contributed by atoms with Crippen LogP contribution in [0.3, 0.4) is 0 Å². The lowest BCUT2D eigenvalue weighted by atomic mass is 10.2. The van der Waals surface area contributed by atoms with E-state index in [1.807, 2.05) is 6.26 Å². The molecule has 0 aromatic carbocycles. The molecule has 0 aliphatic rings. The largest absolute Gasteiger partial charge is 0.389 e. The summed E-state index contributed by atoms with van der Waals surface area (Å²) < 4.78 is 4.86. The van der Waals surface area contributed by atoms with Crippen LogP contribution in [0, 0.1) is 13.8 Å². The normalized spacial score (nSPS) is 12.3. The monoisotopic (exact) mass is 299 g/mol. The number of aliphatic hydroxyl groups is 1. The van der Waals surface area contributed by atoms with Gasteiger partial charge in [-0.15, -0.1) is 11.8 Å². The third-order valence-electron chi connectivity index (χ3n) is 2.77. The lowest BCUT2D eigenvalue weighted by Gasteiger charge is -2.22. The highest BCUT2D eigenvalue weighted by molar-refractivity contribution is 7.98. The fraction of sp³-hybridized carbons (Fsp3) is 0.615. The molecule has 112 valence electrons. The van der Waals surface area contributed by atoms with Crippen LogP contribution in [-0.4, -0.2) is 65.6 Å².